The zero-order valence-electron chi connectivity index (χ0n) is 12.5. The van der Waals surface area contributed by atoms with E-state index in [-0.39, 0.29) is 11.4 Å². The fraction of sp³-hybridized carbons (Fsp3) is 0.625. The van der Waals surface area contributed by atoms with Crippen LogP contribution in [0.4, 0.5) is 4.39 Å². The summed E-state index contributed by atoms with van der Waals surface area (Å²) in [5.41, 5.74) is 0.809. The van der Waals surface area contributed by atoms with Gasteiger partial charge in [0.05, 0.1) is 0 Å². The van der Waals surface area contributed by atoms with E-state index in [1.807, 2.05) is 0 Å². The lowest BCUT2D eigenvalue weighted by molar-refractivity contribution is 0.0399. The summed E-state index contributed by atoms with van der Waals surface area (Å²) in [5.74, 6) is -0.206. The van der Waals surface area contributed by atoms with Gasteiger partial charge in [0, 0.05) is 41.8 Å². The third-order valence-corrected chi connectivity index (χ3v) is 4.84. The molecule has 1 saturated heterocycles. The Labute approximate surface area is 126 Å². The number of halogens is 2. The second kappa shape index (κ2) is 6.42. The molecule has 0 bridgehead atoms. The van der Waals surface area contributed by atoms with E-state index < -0.39 is 0 Å². The van der Waals surface area contributed by atoms with E-state index in [1.165, 1.54) is 6.07 Å². The van der Waals surface area contributed by atoms with Crippen molar-refractivity contribution in [3.05, 3.63) is 34.6 Å². The van der Waals surface area contributed by atoms with Crippen LogP contribution in [0.5, 0.6) is 0 Å². The monoisotopic (exact) mass is 298 g/mol. The Hall–Kier alpha value is -0.640. The first-order valence-corrected chi connectivity index (χ1v) is 7.78. The molecule has 112 valence electrons. The summed E-state index contributed by atoms with van der Waals surface area (Å²) in [7, 11) is 0. The predicted molar refractivity (Wildman–Crippen MR) is 82.6 cm³/mol. The SMILES string of the molecule is CCC1CN(Cc2ccc(Cl)cc2F)C(C)(CC)CN1. The second-order valence-electron chi connectivity index (χ2n) is 5.95. The average molecular weight is 299 g/mol. The van der Waals surface area contributed by atoms with Gasteiger partial charge in [-0.15, -0.1) is 0 Å². The Bertz CT molecular complexity index is 466. The zero-order valence-corrected chi connectivity index (χ0v) is 13.3. The highest BCUT2D eigenvalue weighted by Crippen LogP contribution is 2.27. The third kappa shape index (κ3) is 3.33. The van der Waals surface area contributed by atoms with Gasteiger partial charge >= 0.3 is 0 Å². The molecule has 1 fully saturated rings. The molecule has 0 saturated carbocycles. The van der Waals surface area contributed by atoms with Crippen molar-refractivity contribution in [2.75, 3.05) is 13.1 Å². The highest BCUT2D eigenvalue weighted by atomic mass is 35.5. The van der Waals surface area contributed by atoms with Crippen molar-refractivity contribution in [1.82, 2.24) is 10.2 Å². The molecule has 1 aliphatic heterocycles. The largest absolute Gasteiger partial charge is 0.311 e. The van der Waals surface area contributed by atoms with Crippen LogP contribution < -0.4 is 5.32 Å². The van der Waals surface area contributed by atoms with Crippen LogP contribution in [0.15, 0.2) is 18.2 Å². The Kier molecular flexibility index (Phi) is 5.05. The van der Waals surface area contributed by atoms with Crippen molar-refractivity contribution in [2.45, 2.75) is 51.7 Å². The Balaban J connectivity index is 2.18. The van der Waals surface area contributed by atoms with Gasteiger partial charge < -0.3 is 5.32 Å². The number of nitrogens with one attached hydrogen (secondary N) is 1. The van der Waals surface area contributed by atoms with E-state index in [0.29, 0.717) is 17.6 Å². The lowest BCUT2D eigenvalue weighted by Crippen LogP contribution is -2.62. The van der Waals surface area contributed by atoms with Crippen molar-refractivity contribution in [1.29, 1.82) is 0 Å². The van der Waals surface area contributed by atoms with E-state index >= 15 is 0 Å². The van der Waals surface area contributed by atoms with Crippen molar-refractivity contribution in [2.24, 2.45) is 0 Å². The fourth-order valence-electron chi connectivity index (χ4n) is 2.76. The molecular weight excluding hydrogens is 275 g/mol. The minimum absolute atomic E-state index is 0.0811. The molecule has 0 radical (unpaired) electrons. The van der Waals surface area contributed by atoms with Crippen LogP contribution in [0.3, 0.4) is 0 Å². The quantitative estimate of drug-likeness (QED) is 0.909. The maximum atomic E-state index is 14.0. The molecule has 0 aromatic heterocycles. The summed E-state index contributed by atoms with van der Waals surface area (Å²) in [6.07, 6.45) is 2.14. The van der Waals surface area contributed by atoms with Gasteiger partial charge in [-0.1, -0.05) is 31.5 Å². The van der Waals surface area contributed by atoms with Gasteiger partial charge in [0.1, 0.15) is 5.82 Å². The first-order valence-electron chi connectivity index (χ1n) is 7.41. The minimum atomic E-state index is -0.206. The fourth-order valence-corrected chi connectivity index (χ4v) is 2.92. The molecular formula is C16H24ClFN2. The topological polar surface area (TPSA) is 15.3 Å². The molecule has 20 heavy (non-hydrogen) atoms. The van der Waals surface area contributed by atoms with Crippen LogP contribution in [0.2, 0.25) is 5.02 Å². The summed E-state index contributed by atoms with van der Waals surface area (Å²) in [6, 6.07) is 5.46. The van der Waals surface area contributed by atoms with E-state index in [0.717, 1.165) is 31.5 Å². The van der Waals surface area contributed by atoms with Crippen molar-refractivity contribution < 1.29 is 4.39 Å². The van der Waals surface area contributed by atoms with E-state index in [1.54, 1.807) is 12.1 Å². The summed E-state index contributed by atoms with van der Waals surface area (Å²) in [4.78, 5) is 2.41. The van der Waals surface area contributed by atoms with Gasteiger partial charge in [0.15, 0.2) is 0 Å². The predicted octanol–water partition coefficient (Wildman–Crippen LogP) is 3.83. The molecule has 1 N–H and O–H groups in total. The lowest BCUT2D eigenvalue weighted by Gasteiger charge is -2.48. The summed E-state index contributed by atoms with van der Waals surface area (Å²) < 4.78 is 14.0. The van der Waals surface area contributed by atoms with Crippen LogP contribution in [-0.4, -0.2) is 29.6 Å². The molecule has 1 aliphatic rings. The van der Waals surface area contributed by atoms with E-state index in [9.17, 15) is 4.39 Å². The first kappa shape index (κ1) is 15.7. The average Bonchev–Trinajstić information content (AvgIpc) is 2.44. The van der Waals surface area contributed by atoms with Crippen LogP contribution >= 0.6 is 11.6 Å². The van der Waals surface area contributed by atoms with Crippen LogP contribution in [0, 0.1) is 5.82 Å². The smallest absolute Gasteiger partial charge is 0.129 e. The Morgan fingerprint density at radius 1 is 1.45 bits per heavy atom. The maximum Gasteiger partial charge on any atom is 0.129 e. The van der Waals surface area contributed by atoms with E-state index in [2.05, 4.69) is 31.0 Å². The second-order valence-corrected chi connectivity index (χ2v) is 6.39. The van der Waals surface area contributed by atoms with Gasteiger partial charge in [-0.3, -0.25) is 4.90 Å². The third-order valence-electron chi connectivity index (χ3n) is 4.61. The van der Waals surface area contributed by atoms with Gasteiger partial charge in [-0.2, -0.15) is 0 Å². The van der Waals surface area contributed by atoms with Gasteiger partial charge in [-0.25, -0.2) is 4.39 Å². The first-order chi connectivity index (χ1) is 9.48. The summed E-state index contributed by atoms with van der Waals surface area (Å²) >= 11 is 5.83. The number of hydrogen-bond acceptors (Lipinski definition) is 2. The lowest BCUT2D eigenvalue weighted by atomic mass is 9.91. The highest BCUT2D eigenvalue weighted by molar-refractivity contribution is 6.30. The molecule has 2 unspecified atom stereocenters. The molecule has 2 atom stereocenters. The van der Waals surface area contributed by atoms with Crippen molar-refractivity contribution in [3.8, 4) is 0 Å². The van der Waals surface area contributed by atoms with Crippen molar-refractivity contribution in [3.63, 3.8) is 0 Å². The molecule has 0 spiro atoms. The van der Waals surface area contributed by atoms with Crippen LogP contribution in [0.25, 0.3) is 0 Å². The number of piperazine rings is 1. The van der Waals surface area contributed by atoms with Gasteiger partial charge in [0.25, 0.3) is 0 Å². The standard InChI is InChI=1S/C16H24ClFN2/c1-4-14-10-20(16(3,5-2)11-19-14)9-12-6-7-13(17)8-15(12)18/h6-8,14,19H,4-5,9-11H2,1-3H3. The summed E-state index contributed by atoms with van der Waals surface area (Å²) in [5, 5.41) is 4.05. The molecule has 4 heteroatoms. The molecule has 1 heterocycles. The summed E-state index contributed by atoms with van der Waals surface area (Å²) in [6.45, 7) is 9.19. The molecule has 0 amide bonds. The number of rotatable bonds is 4. The molecule has 1 aromatic rings. The number of benzene rings is 1. The molecule has 0 aliphatic carbocycles. The zero-order chi connectivity index (χ0) is 14.8. The number of hydrogen-bond donors (Lipinski definition) is 1. The molecule has 2 rings (SSSR count). The normalized spacial score (nSPS) is 27.8. The molecule has 1 aromatic carbocycles. The molecule has 2 nitrogen and oxygen atoms in total. The Morgan fingerprint density at radius 3 is 2.80 bits per heavy atom. The van der Waals surface area contributed by atoms with Gasteiger partial charge in [-0.05, 0) is 31.9 Å². The van der Waals surface area contributed by atoms with Gasteiger partial charge in [0.2, 0.25) is 0 Å². The minimum Gasteiger partial charge on any atom is -0.311 e. The van der Waals surface area contributed by atoms with Crippen LogP contribution in [-0.2, 0) is 6.54 Å². The number of nitrogens with zero attached hydrogens (tertiary/aromatic N) is 1. The highest BCUT2D eigenvalue weighted by Gasteiger charge is 2.35. The van der Waals surface area contributed by atoms with Crippen molar-refractivity contribution >= 4 is 11.6 Å². The van der Waals surface area contributed by atoms with E-state index in [4.69, 9.17) is 11.6 Å². The maximum absolute atomic E-state index is 14.0. The van der Waals surface area contributed by atoms with Crippen LogP contribution in [0.1, 0.15) is 39.2 Å². The Morgan fingerprint density at radius 2 is 2.20 bits per heavy atom.